The molecule has 0 saturated carbocycles. The molecule has 0 saturated heterocycles. The number of aryl methyl sites for hydroxylation is 1. The molecule has 1 aliphatic carbocycles. The minimum Gasteiger partial charge on any atom is -0.481 e. The molecular weight excluding hydrogens is 442 g/mol. The van der Waals surface area contributed by atoms with E-state index in [1.807, 2.05) is 6.07 Å². The van der Waals surface area contributed by atoms with Crippen molar-refractivity contribution in [2.75, 3.05) is 10.6 Å². The third-order valence-electron chi connectivity index (χ3n) is 6.02. The molecule has 0 radical (unpaired) electrons. The summed E-state index contributed by atoms with van der Waals surface area (Å²) in [5.74, 6) is -2.37. The van der Waals surface area contributed by atoms with Crippen LogP contribution in [0.2, 0.25) is 0 Å². The Labute approximate surface area is 194 Å². The van der Waals surface area contributed by atoms with Crippen molar-refractivity contribution < 1.29 is 28.3 Å². The maximum Gasteiger partial charge on any atom is 0.323 e. The summed E-state index contributed by atoms with van der Waals surface area (Å²) in [5, 5.41) is 14.0. The van der Waals surface area contributed by atoms with Crippen LogP contribution in [0.1, 0.15) is 35.7 Å². The third-order valence-corrected chi connectivity index (χ3v) is 6.02. The van der Waals surface area contributed by atoms with E-state index in [9.17, 15) is 23.2 Å². The van der Waals surface area contributed by atoms with E-state index in [1.165, 1.54) is 30.3 Å². The van der Waals surface area contributed by atoms with Gasteiger partial charge in [-0.05, 0) is 59.9 Å². The Morgan fingerprint density at radius 2 is 1.74 bits per heavy atom. The smallest absolute Gasteiger partial charge is 0.323 e. The molecular formula is C26H22F2N2O4. The average molecular weight is 464 g/mol. The minimum atomic E-state index is -1.01. The quantitative estimate of drug-likeness (QED) is 0.439. The van der Waals surface area contributed by atoms with Crippen LogP contribution in [0.15, 0.2) is 60.7 Å². The number of carboxylic acids is 1. The first-order valence-electron chi connectivity index (χ1n) is 10.7. The molecule has 0 aromatic heterocycles. The summed E-state index contributed by atoms with van der Waals surface area (Å²) in [6.07, 6.45) is 0.743. The average Bonchev–Trinajstić information content (AvgIpc) is 2.77. The third kappa shape index (κ3) is 4.80. The first-order valence-corrected chi connectivity index (χ1v) is 10.7. The lowest BCUT2D eigenvalue weighted by atomic mass is 9.69. The highest BCUT2D eigenvalue weighted by molar-refractivity contribution is 6.04. The predicted molar refractivity (Wildman–Crippen MR) is 124 cm³/mol. The number of rotatable bonds is 5. The van der Waals surface area contributed by atoms with Gasteiger partial charge in [-0.2, -0.15) is 0 Å². The monoisotopic (exact) mass is 464 g/mol. The maximum atomic E-state index is 14.7. The second-order valence-electron chi connectivity index (χ2n) is 8.62. The fraction of sp³-hybridized carbons (Fsp3) is 0.192. The zero-order valence-corrected chi connectivity index (χ0v) is 18.3. The topological polar surface area (TPSA) is 95.5 Å². The van der Waals surface area contributed by atoms with Gasteiger partial charge in [0.05, 0.1) is 12.1 Å². The number of halogens is 2. The SMILES string of the molecule is CC1(CC(=O)O)CCc2cc(-c3ccc(NC(=O)Nc4cccc(F)c4)c(F)c3)ccc2C1=O. The van der Waals surface area contributed by atoms with Crippen LogP contribution in [0, 0.1) is 17.0 Å². The highest BCUT2D eigenvalue weighted by atomic mass is 19.1. The number of ketones is 1. The van der Waals surface area contributed by atoms with E-state index in [0.29, 0.717) is 29.5 Å². The van der Waals surface area contributed by atoms with E-state index < -0.39 is 29.0 Å². The van der Waals surface area contributed by atoms with E-state index in [-0.39, 0.29) is 23.6 Å². The minimum absolute atomic E-state index is 0.0461. The first-order chi connectivity index (χ1) is 16.1. The summed E-state index contributed by atoms with van der Waals surface area (Å²) < 4.78 is 28.0. The number of hydrogen-bond donors (Lipinski definition) is 3. The molecule has 174 valence electrons. The number of urea groups is 1. The van der Waals surface area contributed by atoms with E-state index in [1.54, 1.807) is 25.1 Å². The molecule has 8 heteroatoms. The lowest BCUT2D eigenvalue weighted by Crippen LogP contribution is -2.35. The molecule has 4 rings (SSSR count). The fourth-order valence-electron chi connectivity index (χ4n) is 4.20. The van der Waals surface area contributed by atoms with Crippen LogP contribution in [0.3, 0.4) is 0 Å². The van der Waals surface area contributed by atoms with Gasteiger partial charge >= 0.3 is 12.0 Å². The van der Waals surface area contributed by atoms with Crippen molar-refractivity contribution in [3.05, 3.63) is 83.4 Å². The van der Waals surface area contributed by atoms with Crippen LogP contribution in [0.5, 0.6) is 0 Å². The van der Waals surface area contributed by atoms with Gasteiger partial charge in [0.15, 0.2) is 5.78 Å². The number of Topliss-reactive ketones (excluding diaryl/α,β-unsaturated/α-hetero) is 1. The van der Waals surface area contributed by atoms with E-state index in [0.717, 1.165) is 11.6 Å². The number of aliphatic carboxylic acids is 1. The molecule has 0 fully saturated rings. The molecule has 34 heavy (non-hydrogen) atoms. The van der Waals surface area contributed by atoms with Crippen LogP contribution in [-0.2, 0) is 11.2 Å². The van der Waals surface area contributed by atoms with Crippen LogP contribution in [0.25, 0.3) is 11.1 Å². The number of nitrogens with one attached hydrogen (secondary N) is 2. The van der Waals surface area contributed by atoms with Crippen molar-refractivity contribution >= 4 is 29.2 Å². The van der Waals surface area contributed by atoms with Crippen LogP contribution in [0.4, 0.5) is 25.0 Å². The number of anilines is 2. The predicted octanol–water partition coefficient (Wildman–Crippen LogP) is 5.89. The van der Waals surface area contributed by atoms with Crippen molar-refractivity contribution in [1.82, 2.24) is 0 Å². The number of hydrogen-bond acceptors (Lipinski definition) is 3. The second kappa shape index (κ2) is 9.05. The van der Waals surface area contributed by atoms with Crippen LogP contribution >= 0.6 is 0 Å². The normalized spacial score (nSPS) is 17.1. The largest absolute Gasteiger partial charge is 0.481 e. The summed E-state index contributed by atoms with van der Waals surface area (Å²) in [4.78, 5) is 36.2. The van der Waals surface area contributed by atoms with Gasteiger partial charge in [-0.3, -0.25) is 9.59 Å². The summed E-state index contributed by atoms with van der Waals surface area (Å²) in [6.45, 7) is 1.67. The van der Waals surface area contributed by atoms with Gasteiger partial charge in [0, 0.05) is 16.7 Å². The summed E-state index contributed by atoms with van der Waals surface area (Å²) in [6, 6.07) is 14.1. The molecule has 0 bridgehead atoms. The van der Waals surface area contributed by atoms with Crippen molar-refractivity contribution in [2.24, 2.45) is 5.41 Å². The summed E-state index contributed by atoms with van der Waals surface area (Å²) in [5.41, 5.74) is 1.79. The van der Waals surface area contributed by atoms with Gasteiger partial charge in [-0.25, -0.2) is 13.6 Å². The molecule has 0 aliphatic heterocycles. The number of amides is 2. The van der Waals surface area contributed by atoms with Crippen LogP contribution in [-0.4, -0.2) is 22.9 Å². The van der Waals surface area contributed by atoms with E-state index in [4.69, 9.17) is 5.11 Å². The first kappa shape index (κ1) is 23.1. The second-order valence-corrected chi connectivity index (χ2v) is 8.62. The lowest BCUT2D eigenvalue weighted by Gasteiger charge is -2.32. The van der Waals surface area contributed by atoms with Gasteiger partial charge in [-0.1, -0.05) is 37.3 Å². The van der Waals surface area contributed by atoms with Crippen molar-refractivity contribution in [1.29, 1.82) is 0 Å². The highest BCUT2D eigenvalue weighted by Crippen LogP contribution is 2.39. The summed E-state index contributed by atoms with van der Waals surface area (Å²) >= 11 is 0. The number of fused-ring (bicyclic) bond motifs is 1. The van der Waals surface area contributed by atoms with Gasteiger partial charge in [0.2, 0.25) is 0 Å². The lowest BCUT2D eigenvalue weighted by molar-refractivity contribution is -0.139. The fourth-order valence-corrected chi connectivity index (χ4v) is 4.20. The number of carbonyl (C=O) groups excluding carboxylic acids is 2. The molecule has 1 atom stereocenters. The Morgan fingerprint density at radius 1 is 1.00 bits per heavy atom. The summed E-state index contributed by atoms with van der Waals surface area (Å²) in [7, 11) is 0. The number of carboxylic acid groups (broad SMARTS) is 1. The Hall–Kier alpha value is -4.07. The molecule has 0 spiro atoms. The maximum absolute atomic E-state index is 14.7. The van der Waals surface area contributed by atoms with Gasteiger partial charge in [0.25, 0.3) is 0 Å². The van der Waals surface area contributed by atoms with Crippen molar-refractivity contribution in [3.8, 4) is 11.1 Å². The number of carbonyl (C=O) groups is 3. The van der Waals surface area contributed by atoms with Gasteiger partial charge in [0.1, 0.15) is 11.6 Å². The van der Waals surface area contributed by atoms with Crippen molar-refractivity contribution in [3.63, 3.8) is 0 Å². The highest BCUT2D eigenvalue weighted by Gasteiger charge is 2.40. The van der Waals surface area contributed by atoms with E-state index in [2.05, 4.69) is 10.6 Å². The Bertz CT molecular complexity index is 1310. The Morgan fingerprint density at radius 3 is 2.44 bits per heavy atom. The van der Waals surface area contributed by atoms with Gasteiger partial charge in [-0.15, -0.1) is 0 Å². The zero-order chi connectivity index (χ0) is 24.5. The number of benzene rings is 3. The van der Waals surface area contributed by atoms with Crippen molar-refractivity contribution in [2.45, 2.75) is 26.2 Å². The molecule has 3 aromatic carbocycles. The molecule has 2 amide bonds. The molecule has 0 heterocycles. The molecule has 3 N–H and O–H groups in total. The van der Waals surface area contributed by atoms with Crippen LogP contribution < -0.4 is 10.6 Å². The van der Waals surface area contributed by atoms with E-state index >= 15 is 0 Å². The molecule has 3 aromatic rings. The molecule has 1 unspecified atom stereocenters. The Balaban J connectivity index is 1.50. The molecule has 6 nitrogen and oxygen atoms in total. The standard InChI is InChI=1S/C26H22F2N2O4/c1-26(14-23(31)32)10-9-17-11-15(5-7-20(17)24(26)33)16-6-8-22(21(28)12-16)30-25(34)29-19-4-2-3-18(27)13-19/h2-8,11-13H,9-10,14H2,1H3,(H,31,32)(H2,29,30,34). The Kier molecular flexibility index (Phi) is 6.15. The molecule has 1 aliphatic rings. The zero-order valence-electron chi connectivity index (χ0n) is 18.3. The van der Waals surface area contributed by atoms with Gasteiger partial charge < -0.3 is 15.7 Å².